The molecule has 1 aliphatic heterocycles. The van der Waals surface area contributed by atoms with Crippen LogP contribution in [-0.2, 0) is 16.0 Å². The molecule has 0 aliphatic carbocycles. The van der Waals surface area contributed by atoms with Gasteiger partial charge in [-0.25, -0.2) is 0 Å². The first-order valence-electron chi connectivity index (χ1n) is 9.40. The summed E-state index contributed by atoms with van der Waals surface area (Å²) in [4.78, 5) is 24.1. The molecule has 3 rings (SSSR count). The summed E-state index contributed by atoms with van der Waals surface area (Å²) in [5, 5.41) is 9.28. The Morgan fingerprint density at radius 1 is 1.07 bits per heavy atom. The zero-order valence-electron chi connectivity index (χ0n) is 16.3. The van der Waals surface area contributed by atoms with Crippen molar-refractivity contribution in [2.24, 2.45) is 0 Å². The van der Waals surface area contributed by atoms with E-state index in [1.54, 1.807) is 0 Å². The predicted octanol–water partition coefficient (Wildman–Crippen LogP) is 3.87. The van der Waals surface area contributed by atoms with E-state index in [1.165, 1.54) is 0 Å². The van der Waals surface area contributed by atoms with Gasteiger partial charge in [-0.1, -0.05) is 24.3 Å². The van der Waals surface area contributed by atoms with E-state index in [0.717, 1.165) is 40.0 Å². The summed E-state index contributed by atoms with van der Waals surface area (Å²) in [6, 6.07) is 11.8. The van der Waals surface area contributed by atoms with Crippen LogP contribution in [0.5, 0.6) is 0 Å². The fourth-order valence-corrected chi connectivity index (χ4v) is 3.33. The van der Waals surface area contributed by atoms with Gasteiger partial charge in [0.25, 0.3) is 0 Å². The summed E-state index contributed by atoms with van der Waals surface area (Å²) in [6.07, 6.45) is 1.28. The molecule has 0 radical (unpaired) electrons. The normalized spacial score (nSPS) is 15.5. The zero-order valence-corrected chi connectivity index (χ0v) is 16.3. The molecule has 5 nitrogen and oxygen atoms in total. The minimum absolute atomic E-state index is 0.0206. The number of carbonyl (C=O) groups excluding carboxylic acids is 2. The van der Waals surface area contributed by atoms with Crippen molar-refractivity contribution in [1.82, 2.24) is 5.32 Å². The largest absolute Gasteiger partial charge is 0.326 e. The first-order chi connectivity index (χ1) is 12.8. The summed E-state index contributed by atoms with van der Waals surface area (Å²) in [7, 11) is 0. The van der Waals surface area contributed by atoms with Gasteiger partial charge in [0.2, 0.25) is 11.8 Å². The van der Waals surface area contributed by atoms with Gasteiger partial charge in [-0.3, -0.25) is 14.9 Å². The first-order valence-corrected chi connectivity index (χ1v) is 9.40. The molecule has 0 fully saturated rings. The van der Waals surface area contributed by atoms with Gasteiger partial charge in [-0.15, -0.1) is 0 Å². The van der Waals surface area contributed by atoms with Crippen LogP contribution in [0.15, 0.2) is 36.4 Å². The predicted molar refractivity (Wildman–Crippen MR) is 109 cm³/mol. The standard InChI is InChI=1S/C22H27N3O2/c1-13-5-6-14(2)20(11-13)25-22(27)16(4)23-15(3)17-7-9-19-18(12-17)8-10-21(26)24-19/h5-7,9,11-12,15-16,23H,8,10H2,1-4H3,(H,24,26)(H,25,27)/t15-,16-/m0/s1. The Hall–Kier alpha value is -2.66. The van der Waals surface area contributed by atoms with Crippen LogP contribution in [-0.4, -0.2) is 17.9 Å². The molecule has 3 N–H and O–H groups in total. The Morgan fingerprint density at radius 2 is 1.85 bits per heavy atom. The third-order valence-electron chi connectivity index (χ3n) is 5.07. The molecule has 0 unspecified atom stereocenters. The van der Waals surface area contributed by atoms with Gasteiger partial charge in [-0.2, -0.15) is 0 Å². The molecule has 0 bridgehead atoms. The van der Waals surface area contributed by atoms with E-state index in [9.17, 15) is 9.59 Å². The molecule has 1 aliphatic rings. The lowest BCUT2D eigenvalue weighted by molar-refractivity contribution is -0.118. The first kappa shape index (κ1) is 19.1. The molecule has 1 heterocycles. The maximum atomic E-state index is 12.6. The maximum Gasteiger partial charge on any atom is 0.241 e. The van der Waals surface area contributed by atoms with Crippen molar-refractivity contribution < 1.29 is 9.59 Å². The van der Waals surface area contributed by atoms with E-state index < -0.39 is 0 Å². The summed E-state index contributed by atoms with van der Waals surface area (Å²) in [5.74, 6) is 0.0129. The van der Waals surface area contributed by atoms with Crippen LogP contribution in [0.2, 0.25) is 0 Å². The van der Waals surface area contributed by atoms with Gasteiger partial charge < -0.3 is 10.6 Å². The third kappa shape index (κ3) is 4.55. The summed E-state index contributed by atoms with van der Waals surface area (Å²) < 4.78 is 0. The second kappa shape index (κ2) is 7.92. The minimum Gasteiger partial charge on any atom is -0.326 e. The molecular formula is C22H27N3O2. The highest BCUT2D eigenvalue weighted by Gasteiger charge is 2.19. The number of carbonyl (C=O) groups is 2. The Kier molecular flexibility index (Phi) is 5.61. The molecule has 2 aromatic carbocycles. The highest BCUT2D eigenvalue weighted by Crippen LogP contribution is 2.26. The van der Waals surface area contributed by atoms with Crippen LogP contribution < -0.4 is 16.0 Å². The Morgan fingerprint density at radius 3 is 2.63 bits per heavy atom. The summed E-state index contributed by atoms with van der Waals surface area (Å²) in [6.45, 7) is 7.92. The van der Waals surface area contributed by atoms with E-state index >= 15 is 0 Å². The van der Waals surface area contributed by atoms with Crippen LogP contribution in [0.25, 0.3) is 0 Å². The fourth-order valence-electron chi connectivity index (χ4n) is 3.33. The van der Waals surface area contributed by atoms with Crippen LogP contribution in [0.3, 0.4) is 0 Å². The highest BCUT2D eigenvalue weighted by atomic mass is 16.2. The van der Waals surface area contributed by atoms with Gasteiger partial charge in [0.15, 0.2) is 0 Å². The van der Waals surface area contributed by atoms with Gasteiger partial charge in [-0.05, 0) is 68.5 Å². The van der Waals surface area contributed by atoms with Crippen LogP contribution in [0, 0.1) is 13.8 Å². The Labute approximate surface area is 160 Å². The number of rotatable bonds is 5. The molecular weight excluding hydrogens is 338 g/mol. The number of aryl methyl sites for hydroxylation is 3. The second-order valence-electron chi connectivity index (χ2n) is 7.38. The van der Waals surface area contributed by atoms with Gasteiger partial charge >= 0.3 is 0 Å². The van der Waals surface area contributed by atoms with E-state index in [4.69, 9.17) is 0 Å². The van der Waals surface area contributed by atoms with Crippen molar-refractivity contribution in [1.29, 1.82) is 0 Å². The molecule has 0 spiro atoms. The quantitative estimate of drug-likeness (QED) is 0.753. The van der Waals surface area contributed by atoms with Crippen molar-refractivity contribution in [2.75, 3.05) is 10.6 Å². The molecule has 0 aromatic heterocycles. The van der Waals surface area contributed by atoms with Crippen molar-refractivity contribution in [2.45, 2.75) is 52.6 Å². The number of anilines is 2. The maximum absolute atomic E-state index is 12.6. The molecule has 0 saturated carbocycles. The molecule has 2 amide bonds. The smallest absolute Gasteiger partial charge is 0.241 e. The lowest BCUT2D eigenvalue weighted by Gasteiger charge is -2.23. The molecule has 27 heavy (non-hydrogen) atoms. The number of fused-ring (bicyclic) bond motifs is 1. The highest BCUT2D eigenvalue weighted by molar-refractivity contribution is 5.95. The van der Waals surface area contributed by atoms with Crippen LogP contribution >= 0.6 is 0 Å². The number of hydrogen-bond acceptors (Lipinski definition) is 3. The molecule has 2 aromatic rings. The van der Waals surface area contributed by atoms with Gasteiger partial charge in [0.05, 0.1) is 6.04 Å². The Balaban J connectivity index is 1.64. The molecule has 142 valence electrons. The summed E-state index contributed by atoms with van der Waals surface area (Å²) in [5.41, 5.74) is 6.16. The van der Waals surface area contributed by atoms with E-state index in [2.05, 4.69) is 22.0 Å². The third-order valence-corrected chi connectivity index (χ3v) is 5.07. The average Bonchev–Trinajstić information content (AvgIpc) is 2.64. The number of amides is 2. The monoisotopic (exact) mass is 365 g/mol. The van der Waals surface area contributed by atoms with Crippen molar-refractivity contribution >= 4 is 23.2 Å². The molecule has 5 heteroatoms. The fraction of sp³-hybridized carbons (Fsp3) is 0.364. The zero-order chi connectivity index (χ0) is 19.6. The number of hydrogen-bond donors (Lipinski definition) is 3. The molecule has 0 saturated heterocycles. The van der Waals surface area contributed by atoms with Crippen LogP contribution in [0.1, 0.15) is 48.6 Å². The SMILES string of the molecule is Cc1ccc(C)c(NC(=O)[C@H](C)N[C@@H](C)c2ccc3c(c2)CCC(=O)N3)c1. The van der Waals surface area contributed by atoms with Crippen molar-refractivity contribution in [3.63, 3.8) is 0 Å². The average molecular weight is 365 g/mol. The van der Waals surface area contributed by atoms with Crippen molar-refractivity contribution in [3.8, 4) is 0 Å². The summed E-state index contributed by atoms with van der Waals surface area (Å²) >= 11 is 0. The number of nitrogens with one attached hydrogen (secondary N) is 3. The topological polar surface area (TPSA) is 70.2 Å². The van der Waals surface area contributed by atoms with Gasteiger partial charge in [0.1, 0.15) is 0 Å². The van der Waals surface area contributed by atoms with E-state index in [-0.39, 0.29) is 23.9 Å². The van der Waals surface area contributed by atoms with Crippen LogP contribution in [0.4, 0.5) is 11.4 Å². The lowest BCUT2D eigenvalue weighted by Crippen LogP contribution is -2.39. The van der Waals surface area contributed by atoms with Gasteiger partial charge in [0, 0.05) is 23.8 Å². The number of benzene rings is 2. The van der Waals surface area contributed by atoms with E-state index in [0.29, 0.717) is 6.42 Å². The Bertz CT molecular complexity index is 876. The lowest BCUT2D eigenvalue weighted by atomic mass is 9.97. The second-order valence-corrected chi connectivity index (χ2v) is 7.38. The van der Waals surface area contributed by atoms with Crippen molar-refractivity contribution in [3.05, 3.63) is 58.7 Å². The minimum atomic E-state index is -0.337. The molecule has 2 atom stereocenters. The van der Waals surface area contributed by atoms with E-state index in [1.807, 2.05) is 58.0 Å².